The van der Waals surface area contributed by atoms with Crippen LogP contribution >= 0.6 is 0 Å². The second-order valence-corrected chi connectivity index (χ2v) is 7.77. The second kappa shape index (κ2) is 6.95. The molecule has 0 atom stereocenters. The molecule has 3 aromatic carbocycles. The maximum atomic E-state index is 4.30. The summed E-state index contributed by atoms with van der Waals surface area (Å²) in [7, 11) is 2.15. The van der Waals surface area contributed by atoms with Crippen LogP contribution < -0.4 is 4.57 Å². The van der Waals surface area contributed by atoms with Crippen LogP contribution in [0.3, 0.4) is 0 Å². The van der Waals surface area contributed by atoms with Crippen molar-refractivity contribution in [2.75, 3.05) is 0 Å². The predicted octanol–water partition coefficient (Wildman–Crippen LogP) is 4.63. The van der Waals surface area contributed by atoms with E-state index in [-0.39, 0.29) is 0 Å². The maximum absolute atomic E-state index is 4.30. The molecule has 0 fully saturated rings. The summed E-state index contributed by atoms with van der Waals surface area (Å²) in [6.45, 7) is 6.49. The molecule has 0 N–H and O–H groups in total. The SMILES string of the molecule is Cc1ccccc1-c1n(-c2c(C)cc(-n3nccn3)cc2C)c2ccccc2[n+]1C. The smallest absolute Gasteiger partial charge is 0.225 e. The van der Waals surface area contributed by atoms with E-state index in [1.54, 1.807) is 17.2 Å². The van der Waals surface area contributed by atoms with Gasteiger partial charge in [-0.2, -0.15) is 19.6 Å². The van der Waals surface area contributed by atoms with Gasteiger partial charge < -0.3 is 0 Å². The summed E-state index contributed by atoms with van der Waals surface area (Å²) in [6, 6.07) is 21.4. The standard InChI is InChI=1S/C25H24N5/c1-17-9-5-6-10-21(17)25-28(4)22-11-7-8-12-23(22)29(25)24-18(2)15-20(16-19(24)3)30-26-13-14-27-30/h5-16H,1-4H3/q+1. The molecule has 0 aliphatic heterocycles. The Bertz CT molecular complexity index is 1350. The summed E-state index contributed by atoms with van der Waals surface area (Å²) < 4.78 is 4.68. The van der Waals surface area contributed by atoms with Gasteiger partial charge in [0.15, 0.2) is 11.0 Å². The second-order valence-electron chi connectivity index (χ2n) is 7.77. The third-order valence-electron chi connectivity index (χ3n) is 5.75. The third kappa shape index (κ3) is 2.74. The summed E-state index contributed by atoms with van der Waals surface area (Å²) in [5.41, 5.74) is 9.40. The predicted molar refractivity (Wildman–Crippen MR) is 119 cm³/mol. The van der Waals surface area contributed by atoms with Crippen molar-refractivity contribution in [1.29, 1.82) is 0 Å². The number of rotatable bonds is 3. The molecule has 5 heteroatoms. The fraction of sp³-hybridized carbons (Fsp3) is 0.160. The van der Waals surface area contributed by atoms with Crippen molar-refractivity contribution in [2.45, 2.75) is 20.8 Å². The molecule has 0 radical (unpaired) electrons. The van der Waals surface area contributed by atoms with E-state index in [9.17, 15) is 0 Å². The molecule has 2 aromatic heterocycles. The first-order valence-corrected chi connectivity index (χ1v) is 10.1. The van der Waals surface area contributed by atoms with E-state index in [4.69, 9.17) is 0 Å². The van der Waals surface area contributed by atoms with Gasteiger partial charge >= 0.3 is 0 Å². The van der Waals surface area contributed by atoms with E-state index in [1.165, 1.54) is 44.8 Å². The van der Waals surface area contributed by atoms with Crippen molar-refractivity contribution in [2.24, 2.45) is 7.05 Å². The van der Waals surface area contributed by atoms with Crippen LogP contribution in [0.4, 0.5) is 0 Å². The van der Waals surface area contributed by atoms with Crippen LogP contribution in [0.1, 0.15) is 16.7 Å². The van der Waals surface area contributed by atoms with Crippen LogP contribution in [0, 0.1) is 20.8 Å². The van der Waals surface area contributed by atoms with Gasteiger partial charge in [0.05, 0.1) is 30.7 Å². The van der Waals surface area contributed by atoms with Gasteiger partial charge in [0, 0.05) is 0 Å². The van der Waals surface area contributed by atoms with Gasteiger partial charge in [0.1, 0.15) is 5.69 Å². The van der Waals surface area contributed by atoms with Gasteiger partial charge in [-0.15, -0.1) is 0 Å². The first-order valence-electron chi connectivity index (χ1n) is 10.1. The summed E-state index contributed by atoms with van der Waals surface area (Å²) in [5, 5.41) is 8.59. The van der Waals surface area contributed by atoms with Gasteiger partial charge in [-0.25, -0.2) is 4.57 Å². The lowest BCUT2D eigenvalue weighted by atomic mass is 10.0. The first kappa shape index (κ1) is 18.3. The van der Waals surface area contributed by atoms with Crippen molar-refractivity contribution in [1.82, 2.24) is 19.6 Å². The Morgan fingerprint density at radius 1 is 0.767 bits per heavy atom. The highest BCUT2D eigenvalue weighted by Crippen LogP contribution is 2.32. The third-order valence-corrected chi connectivity index (χ3v) is 5.75. The van der Waals surface area contributed by atoms with Crippen LogP contribution in [0.15, 0.2) is 73.1 Å². The Morgan fingerprint density at radius 2 is 1.40 bits per heavy atom. The van der Waals surface area contributed by atoms with Gasteiger partial charge in [-0.1, -0.05) is 30.3 Å². The van der Waals surface area contributed by atoms with E-state index in [0.29, 0.717) is 0 Å². The molecule has 0 bridgehead atoms. The summed E-state index contributed by atoms with van der Waals surface area (Å²) in [6.07, 6.45) is 3.41. The lowest BCUT2D eigenvalue weighted by Gasteiger charge is -2.12. The Balaban J connectivity index is 1.86. The quantitative estimate of drug-likeness (QED) is 0.419. The van der Waals surface area contributed by atoms with Crippen molar-refractivity contribution in [3.05, 3.63) is 89.7 Å². The first-order chi connectivity index (χ1) is 14.6. The fourth-order valence-corrected chi connectivity index (χ4v) is 4.42. The molecule has 2 heterocycles. The molecular formula is C25H24N5+. The summed E-state index contributed by atoms with van der Waals surface area (Å²) >= 11 is 0. The molecule has 5 aromatic rings. The van der Waals surface area contributed by atoms with Gasteiger partial charge in [0.25, 0.3) is 5.82 Å². The average Bonchev–Trinajstić information content (AvgIpc) is 3.36. The lowest BCUT2D eigenvalue weighted by Crippen LogP contribution is -2.30. The highest BCUT2D eigenvalue weighted by atomic mass is 15.5. The molecule has 0 amide bonds. The highest BCUT2D eigenvalue weighted by molar-refractivity contribution is 5.80. The topological polar surface area (TPSA) is 39.5 Å². The van der Waals surface area contributed by atoms with Crippen molar-refractivity contribution in [3.63, 3.8) is 0 Å². The van der Waals surface area contributed by atoms with Crippen LogP contribution in [0.25, 0.3) is 33.8 Å². The number of fused-ring (bicyclic) bond motifs is 1. The largest absolute Gasteiger partial charge is 0.295 e. The Kier molecular flexibility index (Phi) is 4.24. The molecule has 30 heavy (non-hydrogen) atoms. The highest BCUT2D eigenvalue weighted by Gasteiger charge is 2.28. The Hall–Kier alpha value is -3.73. The maximum Gasteiger partial charge on any atom is 0.295 e. The summed E-state index contributed by atoms with van der Waals surface area (Å²) in [5.74, 6) is 1.17. The van der Waals surface area contributed by atoms with Crippen LogP contribution in [-0.4, -0.2) is 19.6 Å². The lowest BCUT2D eigenvalue weighted by molar-refractivity contribution is -0.633. The molecule has 148 valence electrons. The van der Waals surface area contributed by atoms with Gasteiger partial charge in [-0.3, -0.25) is 0 Å². The summed E-state index contributed by atoms with van der Waals surface area (Å²) in [4.78, 5) is 1.67. The van der Waals surface area contributed by atoms with E-state index >= 15 is 0 Å². The zero-order chi connectivity index (χ0) is 20.8. The van der Waals surface area contributed by atoms with Crippen LogP contribution in [0.2, 0.25) is 0 Å². The number of benzene rings is 3. The molecule has 0 saturated carbocycles. The monoisotopic (exact) mass is 394 g/mol. The molecular weight excluding hydrogens is 370 g/mol. The zero-order valence-corrected chi connectivity index (χ0v) is 17.7. The van der Waals surface area contributed by atoms with Crippen LogP contribution in [0.5, 0.6) is 0 Å². The van der Waals surface area contributed by atoms with E-state index in [0.717, 1.165) is 5.69 Å². The molecule has 0 aliphatic rings. The number of para-hydroxylation sites is 2. The zero-order valence-electron chi connectivity index (χ0n) is 17.7. The average molecular weight is 395 g/mol. The minimum absolute atomic E-state index is 0.969. The number of nitrogens with zero attached hydrogens (tertiary/aromatic N) is 5. The van der Waals surface area contributed by atoms with Gasteiger partial charge in [0.2, 0.25) is 0 Å². The Labute approximate surface area is 175 Å². The molecule has 0 saturated heterocycles. The molecule has 0 spiro atoms. The number of hydrogen-bond acceptors (Lipinski definition) is 2. The molecule has 5 nitrogen and oxygen atoms in total. The normalized spacial score (nSPS) is 11.3. The fourth-order valence-electron chi connectivity index (χ4n) is 4.42. The molecule has 0 aliphatic carbocycles. The molecule has 5 rings (SSSR count). The van der Waals surface area contributed by atoms with Crippen molar-refractivity contribution >= 4 is 11.0 Å². The molecule has 0 unspecified atom stereocenters. The number of aromatic nitrogens is 5. The minimum Gasteiger partial charge on any atom is -0.225 e. The van der Waals surface area contributed by atoms with E-state index in [1.807, 2.05) is 0 Å². The minimum atomic E-state index is 0.969. The van der Waals surface area contributed by atoms with Crippen molar-refractivity contribution in [3.8, 4) is 22.8 Å². The number of hydrogen-bond donors (Lipinski definition) is 0. The van der Waals surface area contributed by atoms with E-state index < -0.39 is 0 Å². The van der Waals surface area contributed by atoms with Crippen molar-refractivity contribution < 1.29 is 4.57 Å². The van der Waals surface area contributed by atoms with E-state index in [2.05, 4.69) is 108 Å². The number of aryl methyl sites for hydroxylation is 4. The van der Waals surface area contributed by atoms with Gasteiger partial charge in [-0.05, 0) is 67.8 Å². The van der Waals surface area contributed by atoms with Crippen LogP contribution in [-0.2, 0) is 7.05 Å². The number of imidazole rings is 1. The Morgan fingerprint density at radius 3 is 2.10 bits per heavy atom.